The SMILES string of the molecule is CC(C)(C)OC(=O)NCc1ccc(CN(Cc2ccccc2)C2CCc3cccnc3C2)cc1. The minimum absolute atomic E-state index is 0.392. The Morgan fingerprint density at radius 2 is 1.65 bits per heavy atom. The maximum Gasteiger partial charge on any atom is 0.407 e. The molecule has 1 unspecified atom stereocenters. The van der Waals surface area contributed by atoms with Crippen LogP contribution in [0.5, 0.6) is 0 Å². The van der Waals surface area contributed by atoms with Crippen molar-refractivity contribution in [3.8, 4) is 0 Å². The molecule has 1 atom stereocenters. The average molecular weight is 458 g/mol. The highest BCUT2D eigenvalue weighted by atomic mass is 16.6. The quantitative estimate of drug-likeness (QED) is 0.497. The molecule has 1 aliphatic carbocycles. The van der Waals surface area contributed by atoms with Crippen molar-refractivity contribution in [2.45, 2.75) is 71.3 Å². The minimum atomic E-state index is -0.495. The molecule has 4 rings (SSSR count). The Morgan fingerprint density at radius 3 is 2.35 bits per heavy atom. The van der Waals surface area contributed by atoms with Crippen molar-refractivity contribution in [2.75, 3.05) is 0 Å². The van der Waals surface area contributed by atoms with Crippen LogP contribution in [0, 0.1) is 0 Å². The molecule has 0 radical (unpaired) electrons. The molecule has 1 amide bonds. The number of carbonyl (C=O) groups is 1. The van der Waals surface area contributed by atoms with E-state index in [1.807, 2.05) is 33.0 Å². The molecule has 0 bridgehead atoms. The van der Waals surface area contributed by atoms with E-state index in [1.165, 1.54) is 22.4 Å². The number of alkyl carbamates (subject to hydrolysis) is 1. The molecule has 1 aromatic heterocycles. The number of pyridine rings is 1. The van der Waals surface area contributed by atoms with E-state index in [0.29, 0.717) is 12.6 Å². The Hall–Kier alpha value is -3.18. The van der Waals surface area contributed by atoms with Crippen LogP contribution in [0.25, 0.3) is 0 Å². The summed E-state index contributed by atoms with van der Waals surface area (Å²) in [4.78, 5) is 19.2. The summed E-state index contributed by atoms with van der Waals surface area (Å²) in [5.41, 5.74) is 5.78. The van der Waals surface area contributed by atoms with Crippen molar-refractivity contribution in [3.05, 3.63) is 101 Å². The molecule has 178 valence electrons. The van der Waals surface area contributed by atoms with Crippen LogP contribution < -0.4 is 5.32 Å². The highest BCUT2D eigenvalue weighted by Crippen LogP contribution is 2.26. The number of rotatable bonds is 7. The fraction of sp³-hybridized carbons (Fsp3) is 0.379. The fourth-order valence-corrected chi connectivity index (χ4v) is 4.46. The zero-order valence-electron chi connectivity index (χ0n) is 20.5. The van der Waals surface area contributed by atoms with Crippen LogP contribution in [0.3, 0.4) is 0 Å². The van der Waals surface area contributed by atoms with Crippen LogP contribution in [-0.4, -0.2) is 27.6 Å². The normalized spacial score (nSPS) is 15.6. The molecule has 1 aliphatic rings. The van der Waals surface area contributed by atoms with Gasteiger partial charge in [0.05, 0.1) is 0 Å². The van der Waals surface area contributed by atoms with Crippen LogP contribution in [-0.2, 0) is 37.2 Å². The van der Waals surface area contributed by atoms with Gasteiger partial charge in [0.2, 0.25) is 0 Å². The van der Waals surface area contributed by atoms with Gasteiger partial charge in [-0.15, -0.1) is 0 Å². The standard InChI is InChI=1S/C29H35N3O2/c1-29(2,3)34-28(33)31-19-22-11-13-24(14-12-22)21-32(20-23-8-5-4-6-9-23)26-16-15-25-10-7-17-30-27(25)18-26/h4-14,17,26H,15-16,18-21H2,1-3H3,(H,31,33). The van der Waals surface area contributed by atoms with Crippen molar-refractivity contribution in [1.82, 2.24) is 15.2 Å². The Kier molecular flexibility index (Phi) is 7.63. The first-order valence-electron chi connectivity index (χ1n) is 12.1. The average Bonchev–Trinajstić information content (AvgIpc) is 2.82. The molecule has 34 heavy (non-hydrogen) atoms. The predicted octanol–water partition coefficient (Wildman–Crippen LogP) is 5.67. The number of amides is 1. The van der Waals surface area contributed by atoms with E-state index in [-0.39, 0.29) is 0 Å². The van der Waals surface area contributed by atoms with Gasteiger partial charge in [-0.05, 0) is 61.9 Å². The lowest BCUT2D eigenvalue weighted by Gasteiger charge is -2.35. The van der Waals surface area contributed by atoms with Gasteiger partial charge in [-0.1, -0.05) is 60.7 Å². The monoisotopic (exact) mass is 457 g/mol. The molecule has 1 heterocycles. The highest BCUT2D eigenvalue weighted by Gasteiger charge is 2.25. The van der Waals surface area contributed by atoms with Crippen molar-refractivity contribution in [3.63, 3.8) is 0 Å². The first-order valence-corrected chi connectivity index (χ1v) is 12.1. The number of hydrogen-bond donors (Lipinski definition) is 1. The van der Waals surface area contributed by atoms with Gasteiger partial charge in [0.15, 0.2) is 0 Å². The molecule has 2 aromatic carbocycles. The van der Waals surface area contributed by atoms with Crippen molar-refractivity contribution < 1.29 is 9.53 Å². The topological polar surface area (TPSA) is 54.5 Å². The van der Waals surface area contributed by atoms with Gasteiger partial charge in [0.1, 0.15) is 5.60 Å². The van der Waals surface area contributed by atoms with E-state index in [2.05, 4.69) is 75.9 Å². The number of ether oxygens (including phenoxy) is 1. The predicted molar refractivity (Wildman–Crippen MR) is 135 cm³/mol. The summed E-state index contributed by atoms with van der Waals surface area (Å²) in [6, 6.07) is 23.9. The number of hydrogen-bond acceptors (Lipinski definition) is 4. The van der Waals surface area contributed by atoms with E-state index < -0.39 is 11.7 Å². The second-order valence-electron chi connectivity index (χ2n) is 10.1. The van der Waals surface area contributed by atoms with Gasteiger partial charge in [-0.25, -0.2) is 4.79 Å². The number of nitrogens with zero attached hydrogens (tertiary/aromatic N) is 2. The van der Waals surface area contributed by atoms with Crippen LogP contribution in [0.2, 0.25) is 0 Å². The van der Waals surface area contributed by atoms with E-state index in [4.69, 9.17) is 4.74 Å². The van der Waals surface area contributed by atoms with E-state index >= 15 is 0 Å². The number of fused-ring (bicyclic) bond motifs is 1. The van der Waals surface area contributed by atoms with Crippen LogP contribution in [0.15, 0.2) is 72.9 Å². The smallest absolute Gasteiger partial charge is 0.407 e. The van der Waals surface area contributed by atoms with Crippen molar-refractivity contribution in [2.24, 2.45) is 0 Å². The molecule has 5 nitrogen and oxygen atoms in total. The zero-order chi connectivity index (χ0) is 24.0. The number of nitrogens with one attached hydrogen (secondary N) is 1. The third-order valence-electron chi connectivity index (χ3n) is 6.15. The second kappa shape index (κ2) is 10.8. The summed E-state index contributed by atoms with van der Waals surface area (Å²) in [6.45, 7) is 7.84. The molecule has 0 fully saturated rings. The lowest BCUT2D eigenvalue weighted by Crippen LogP contribution is -2.38. The van der Waals surface area contributed by atoms with E-state index in [9.17, 15) is 4.79 Å². The van der Waals surface area contributed by atoms with Crippen LogP contribution in [0.4, 0.5) is 4.79 Å². The fourth-order valence-electron chi connectivity index (χ4n) is 4.46. The number of benzene rings is 2. The van der Waals surface area contributed by atoms with Gasteiger partial charge in [0.25, 0.3) is 0 Å². The van der Waals surface area contributed by atoms with Crippen LogP contribution >= 0.6 is 0 Å². The van der Waals surface area contributed by atoms with Gasteiger partial charge in [-0.2, -0.15) is 0 Å². The summed E-state index contributed by atoms with van der Waals surface area (Å²) in [5, 5.41) is 2.83. The largest absolute Gasteiger partial charge is 0.444 e. The van der Waals surface area contributed by atoms with Gasteiger partial charge >= 0.3 is 6.09 Å². The maximum absolute atomic E-state index is 11.9. The Labute approximate surface area is 203 Å². The molecule has 0 saturated heterocycles. The Morgan fingerprint density at radius 1 is 0.971 bits per heavy atom. The number of aryl methyl sites for hydroxylation is 1. The molecule has 0 spiro atoms. The number of aromatic nitrogens is 1. The highest BCUT2D eigenvalue weighted by molar-refractivity contribution is 5.67. The molecular formula is C29H35N3O2. The molecule has 5 heteroatoms. The lowest BCUT2D eigenvalue weighted by molar-refractivity contribution is 0.0523. The third kappa shape index (κ3) is 6.91. The molecule has 3 aromatic rings. The van der Waals surface area contributed by atoms with Gasteiger partial charge < -0.3 is 10.1 Å². The third-order valence-corrected chi connectivity index (χ3v) is 6.15. The van der Waals surface area contributed by atoms with Crippen LogP contribution in [0.1, 0.15) is 55.1 Å². The molecule has 0 aliphatic heterocycles. The first-order chi connectivity index (χ1) is 16.4. The minimum Gasteiger partial charge on any atom is -0.444 e. The summed E-state index contributed by atoms with van der Waals surface area (Å²) < 4.78 is 5.32. The zero-order valence-corrected chi connectivity index (χ0v) is 20.5. The second-order valence-corrected chi connectivity index (χ2v) is 10.1. The Balaban J connectivity index is 1.42. The molecular weight excluding hydrogens is 422 g/mol. The maximum atomic E-state index is 11.9. The van der Waals surface area contributed by atoms with Gasteiger partial charge in [0, 0.05) is 44.0 Å². The lowest BCUT2D eigenvalue weighted by atomic mass is 9.90. The molecule has 1 N–H and O–H groups in total. The summed E-state index contributed by atoms with van der Waals surface area (Å²) in [7, 11) is 0. The van der Waals surface area contributed by atoms with Crippen molar-refractivity contribution in [1.29, 1.82) is 0 Å². The van der Waals surface area contributed by atoms with Gasteiger partial charge in [-0.3, -0.25) is 9.88 Å². The summed E-state index contributed by atoms with van der Waals surface area (Å²) in [5.74, 6) is 0. The summed E-state index contributed by atoms with van der Waals surface area (Å²) in [6.07, 6.45) is 4.72. The van der Waals surface area contributed by atoms with E-state index in [0.717, 1.165) is 37.9 Å². The van der Waals surface area contributed by atoms with E-state index in [1.54, 1.807) is 0 Å². The van der Waals surface area contributed by atoms with Crippen molar-refractivity contribution >= 4 is 6.09 Å². The molecule has 0 saturated carbocycles. The first kappa shape index (κ1) is 24.0. The number of carbonyl (C=O) groups excluding carboxylic acids is 1. The summed E-state index contributed by atoms with van der Waals surface area (Å²) >= 11 is 0. The Bertz CT molecular complexity index is 1070.